The van der Waals surface area contributed by atoms with Gasteiger partial charge < -0.3 is 9.32 Å². The van der Waals surface area contributed by atoms with Gasteiger partial charge in [0.2, 0.25) is 5.91 Å². The molecule has 2 heterocycles. The van der Waals surface area contributed by atoms with Gasteiger partial charge in [-0.2, -0.15) is 5.10 Å². The first kappa shape index (κ1) is 18.4. The van der Waals surface area contributed by atoms with E-state index < -0.39 is 0 Å². The first-order chi connectivity index (χ1) is 12.6. The van der Waals surface area contributed by atoms with Crippen LogP contribution in [0, 0.1) is 6.92 Å². The highest BCUT2D eigenvalue weighted by Crippen LogP contribution is 2.33. The zero-order valence-corrected chi connectivity index (χ0v) is 15.8. The van der Waals surface area contributed by atoms with Crippen molar-refractivity contribution in [1.29, 1.82) is 0 Å². The Bertz CT molecular complexity index is 746. The molecule has 0 radical (unpaired) electrons. The second-order valence-electron chi connectivity index (χ2n) is 6.66. The third kappa shape index (κ3) is 4.05. The molecule has 0 N–H and O–H groups in total. The number of hydrazone groups is 1. The molecule has 1 aromatic carbocycles. The van der Waals surface area contributed by atoms with E-state index >= 15 is 0 Å². The van der Waals surface area contributed by atoms with E-state index in [2.05, 4.69) is 55.0 Å². The molecule has 138 valence electrons. The predicted molar refractivity (Wildman–Crippen MR) is 103 cm³/mol. The second-order valence-corrected chi connectivity index (χ2v) is 6.66. The van der Waals surface area contributed by atoms with Gasteiger partial charge in [0.1, 0.15) is 11.8 Å². The number of carbonyl (C=O) groups is 1. The van der Waals surface area contributed by atoms with E-state index in [1.165, 1.54) is 5.56 Å². The standard InChI is InChI=1S/C21H27N3O2/c1-4-23(5-2)13-12-21(25)24-19(20-7-6-14-26-20)15-18(22-24)17-10-8-16(3)9-11-17/h6-11,14,19H,4-5,12-13,15H2,1-3H3/t19-/m1/s1. The summed E-state index contributed by atoms with van der Waals surface area (Å²) in [6.45, 7) is 8.94. The Balaban J connectivity index is 1.80. The maximum Gasteiger partial charge on any atom is 0.244 e. The Hall–Kier alpha value is -2.40. The molecule has 0 fully saturated rings. The van der Waals surface area contributed by atoms with Crippen LogP contribution in [0.1, 0.15) is 49.6 Å². The molecule has 0 unspecified atom stereocenters. The fraction of sp³-hybridized carbons (Fsp3) is 0.429. The lowest BCUT2D eigenvalue weighted by molar-refractivity contribution is -0.133. The summed E-state index contributed by atoms with van der Waals surface area (Å²) in [6.07, 6.45) is 2.79. The molecule has 0 bridgehead atoms. The summed E-state index contributed by atoms with van der Waals surface area (Å²) in [6, 6.07) is 11.9. The van der Waals surface area contributed by atoms with Gasteiger partial charge in [0.25, 0.3) is 0 Å². The maximum atomic E-state index is 12.9. The van der Waals surface area contributed by atoms with Crippen molar-refractivity contribution in [3.05, 3.63) is 59.5 Å². The topological polar surface area (TPSA) is 49.1 Å². The van der Waals surface area contributed by atoms with Gasteiger partial charge in [0.15, 0.2) is 0 Å². The Labute approximate surface area is 155 Å². The number of amides is 1. The molecule has 3 rings (SSSR count). The van der Waals surface area contributed by atoms with Crippen molar-refractivity contribution in [2.75, 3.05) is 19.6 Å². The number of carbonyl (C=O) groups excluding carboxylic acids is 1. The van der Waals surface area contributed by atoms with E-state index in [-0.39, 0.29) is 11.9 Å². The lowest BCUT2D eigenvalue weighted by Crippen LogP contribution is -2.32. The highest BCUT2D eigenvalue weighted by atomic mass is 16.3. The highest BCUT2D eigenvalue weighted by molar-refractivity contribution is 6.03. The van der Waals surface area contributed by atoms with Gasteiger partial charge >= 0.3 is 0 Å². The molecule has 0 saturated heterocycles. The Morgan fingerprint density at radius 1 is 1.23 bits per heavy atom. The average molecular weight is 353 g/mol. The number of hydrogen-bond donors (Lipinski definition) is 0. The normalized spacial score (nSPS) is 17.0. The molecular weight excluding hydrogens is 326 g/mol. The molecule has 0 spiro atoms. The minimum Gasteiger partial charge on any atom is -0.467 e. The summed E-state index contributed by atoms with van der Waals surface area (Å²) in [4.78, 5) is 15.1. The van der Waals surface area contributed by atoms with Crippen LogP contribution >= 0.6 is 0 Å². The van der Waals surface area contributed by atoms with Crippen molar-refractivity contribution in [1.82, 2.24) is 9.91 Å². The summed E-state index contributed by atoms with van der Waals surface area (Å²) < 4.78 is 5.59. The molecule has 26 heavy (non-hydrogen) atoms. The average Bonchev–Trinajstić information content (AvgIpc) is 3.32. The van der Waals surface area contributed by atoms with E-state index in [1.54, 1.807) is 11.3 Å². The second kappa shape index (κ2) is 8.32. The smallest absolute Gasteiger partial charge is 0.244 e. The van der Waals surface area contributed by atoms with Crippen molar-refractivity contribution in [3.8, 4) is 0 Å². The maximum absolute atomic E-state index is 12.9. The molecule has 5 heteroatoms. The van der Waals surface area contributed by atoms with Crippen LogP contribution in [0.4, 0.5) is 0 Å². The van der Waals surface area contributed by atoms with Crippen LogP contribution in [0.5, 0.6) is 0 Å². The summed E-state index contributed by atoms with van der Waals surface area (Å²) in [5.74, 6) is 0.826. The monoisotopic (exact) mass is 353 g/mol. The molecule has 1 aliphatic heterocycles. The molecule has 5 nitrogen and oxygen atoms in total. The fourth-order valence-corrected chi connectivity index (χ4v) is 3.27. The number of aryl methyl sites for hydroxylation is 1. The van der Waals surface area contributed by atoms with Crippen molar-refractivity contribution in [2.24, 2.45) is 5.10 Å². The van der Waals surface area contributed by atoms with Crippen molar-refractivity contribution in [2.45, 2.75) is 39.7 Å². The van der Waals surface area contributed by atoms with Gasteiger partial charge in [-0.1, -0.05) is 43.7 Å². The first-order valence-corrected chi connectivity index (χ1v) is 9.34. The predicted octanol–water partition coefficient (Wildman–Crippen LogP) is 4.00. The molecule has 1 aliphatic rings. The number of benzene rings is 1. The van der Waals surface area contributed by atoms with Crippen LogP contribution < -0.4 is 0 Å². The van der Waals surface area contributed by atoms with Crippen molar-refractivity contribution >= 4 is 11.6 Å². The summed E-state index contributed by atoms with van der Waals surface area (Å²) in [5.41, 5.74) is 3.20. The minimum absolute atomic E-state index is 0.0420. The third-order valence-electron chi connectivity index (χ3n) is 4.96. The van der Waals surface area contributed by atoms with Gasteiger partial charge in [0.05, 0.1) is 12.0 Å². The van der Waals surface area contributed by atoms with Gasteiger partial charge in [0, 0.05) is 19.4 Å². The molecular formula is C21H27N3O2. The number of nitrogens with zero attached hydrogens (tertiary/aromatic N) is 3. The van der Waals surface area contributed by atoms with Gasteiger partial charge in [-0.15, -0.1) is 0 Å². The van der Waals surface area contributed by atoms with E-state index in [4.69, 9.17) is 4.42 Å². The summed E-state index contributed by atoms with van der Waals surface area (Å²) >= 11 is 0. The number of furan rings is 1. The van der Waals surface area contributed by atoms with E-state index in [1.807, 2.05) is 12.1 Å². The lowest BCUT2D eigenvalue weighted by Gasteiger charge is -2.22. The van der Waals surface area contributed by atoms with Crippen LogP contribution in [-0.4, -0.2) is 41.2 Å². The molecule has 1 aromatic heterocycles. The fourth-order valence-electron chi connectivity index (χ4n) is 3.27. The van der Waals surface area contributed by atoms with Gasteiger partial charge in [-0.25, -0.2) is 5.01 Å². The van der Waals surface area contributed by atoms with Gasteiger partial charge in [-0.05, 0) is 37.7 Å². The largest absolute Gasteiger partial charge is 0.467 e. The molecule has 2 aromatic rings. The van der Waals surface area contributed by atoms with E-state index in [9.17, 15) is 4.79 Å². The van der Waals surface area contributed by atoms with E-state index in [0.717, 1.165) is 36.7 Å². The van der Waals surface area contributed by atoms with Crippen LogP contribution in [0.2, 0.25) is 0 Å². The molecule has 0 saturated carbocycles. The van der Waals surface area contributed by atoms with Crippen molar-refractivity contribution < 1.29 is 9.21 Å². The lowest BCUT2D eigenvalue weighted by atomic mass is 10.0. The van der Waals surface area contributed by atoms with Crippen LogP contribution in [0.3, 0.4) is 0 Å². The SMILES string of the molecule is CCN(CC)CCC(=O)N1N=C(c2ccc(C)cc2)C[C@@H]1c1ccco1. The van der Waals surface area contributed by atoms with Crippen LogP contribution in [0.25, 0.3) is 0 Å². The van der Waals surface area contributed by atoms with Gasteiger partial charge in [-0.3, -0.25) is 4.79 Å². The Morgan fingerprint density at radius 3 is 2.58 bits per heavy atom. The zero-order valence-electron chi connectivity index (χ0n) is 15.8. The quantitative estimate of drug-likeness (QED) is 0.756. The number of rotatable bonds is 7. The first-order valence-electron chi connectivity index (χ1n) is 9.34. The number of hydrogen-bond acceptors (Lipinski definition) is 4. The third-order valence-corrected chi connectivity index (χ3v) is 4.96. The Kier molecular flexibility index (Phi) is 5.89. The summed E-state index contributed by atoms with van der Waals surface area (Å²) in [7, 11) is 0. The zero-order chi connectivity index (χ0) is 18.5. The minimum atomic E-state index is -0.162. The van der Waals surface area contributed by atoms with Crippen LogP contribution in [0.15, 0.2) is 52.2 Å². The molecule has 1 amide bonds. The molecule has 1 atom stereocenters. The van der Waals surface area contributed by atoms with E-state index in [0.29, 0.717) is 12.8 Å². The highest BCUT2D eigenvalue weighted by Gasteiger charge is 2.34. The van der Waals surface area contributed by atoms with Crippen molar-refractivity contribution in [3.63, 3.8) is 0 Å². The Morgan fingerprint density at radius 2 is 1.96 bits per heavy atom. The molecule has 0 aliphatic carbocycles. The summed E-state index contributed by atoms with van der Waals surface area (Å²) in [5, 5.41) is 6.30. The van der Waals surface area contributed by atoms with Crippen LogP contribution in [-0.2, 0) is 4.79 Å².